The van der Waals surface area contributed by atoms with Gasteiger partial charge in [0.2, 0.25) is 5.91 Å². The molecule has 3 aromatic rings. The van der Waals surface area contributed by atoms with Gasteiger partial charge in [-0.2, -0.15) is 0 Å². The normalized spacial score (nSPS) is 25.8. The first-order chi connectivity index (χ1) is 21.0. The Morgan fingerprint density at radius 1 is 1.16 bits per heavy atom. The molecular weight excluding hydrogens is 578 g/mol. The number of carbonyl (C=O) groups excluding carboxylic acids is 2. The lowest BCUT2D eigenvalue weighted by Gasteiger charge is -2.39. The van der Waals surface area contributed by atoms with Gasteiger partial charge in [-0.1, -0.05) is 61.6 Å². The molecule has 3 aliphatic rings. The highest BCUT2D eigenvalue weighted by Gasteiger charge is 2.65. The summed E-state index contributed by atoms with van der Waals surface area (Å²) in [5, 5.41) is 26.0. The fraction of sp³-hybridized carbons (Fsp3) is 0.394. The predicted octanol–water partition coefficient (Wildman–Crippen LogP) is 4.11. The molecular formula is C33H37N3O7Si. The number of rotatable bonds is 7. The number of hydrogen-bond acceptors (Lipinski definition) is 7. The summed E-state index contributed by atoms with van der Waals surface area (Å²) in [4.78, 5) is 41.0. The van der Waals surface area contributed by atoms with Gasteiger partial charge in [-0.25, -0.2) is 0 Å². The van der Waals surface area contributed by atoms with Crippen molar-refractivity contribution in [3.05, 3.63) is 93.5 Å². The number of nitrogens with zero attached hydrogens (tertiary/aromatic N) is 2. The Balaban J connectivity index is 1.41. The van der Waals surface area contributed by atoms with Gasteiger partial charge in [-0.15, -0.1) is 0 Å². The van der Waals surface area contributed by atoms with Crippen molar-refractivity contribution in [1.82, 2.24) is 4.90 Å². The van der Waals surface area contributed by atoms with Gasteiger partial charge in [0.1, 0.15) is 5.75 Å². The van der Waals surface area contributed by atoms with Crippen LogP contribution in [0.4, 0.5) is 11.4 Å². The van der Waals surface area contributed by atoms with Gasteiger partial charge in [0, 0.05) is 35.8 Å². The maximum absolute atomic E-state index is 14.2. The molecule has 0 radical (unpaired) electrons. The number of nitro benzene ring substituents is 1. The molecule has 0 saturated carbocycles. The number of fused-ring (bicyclic) bond motifs is 3. The molecule has 0 bridgehead atoms. The van der Waals surface area contributed by atoms with Gasteiger partial charge < -0.3 is 24.8 Å². The van der Waals surface area contributed by atoms with Crippen LogP contribution < -0.4 is 15.2 Å². The van der Waals surface area contributed by atoms with Crippen molar-refractivity contribution in [3.63, 3.8) is 0 Å². The summed E-state index contributed by atoms with van der Waals surface area (Å²) in [7, 11) is -0.887. The van der Waals surface area contributed by atoms with Crippen LogP contribution in [0, 0.1) is 16.0 Å². The zero-order valence-electron chi connectivity index (χ0n) is 25.3. The highest BCUT2D eigenvalue weighted by Crippen LogP contribution is 2.59. The molecule has 11 heteroatoms. The Kier molecular flexibility index (Phi) is 7.59. The second-order valence-electron chi connectivity index (χ2n) is 12.6. The fourth-order valence-corrected chi connectivity index (χ4v) is 11.8. The molecule has 0 unspecified atom stereocenters. The molecule has 2 N–H and O–H groups in total. The molecule has 44 heavy (non-hydrogen) atoms. The van der Waals surface area contributed by atoms with Crippen LogP contribution >= 0.6 is 0 Å². The average molecular weight is 616 g/mol. The van der Waals surface area contributed by atoms with Crippen LogP contribution in [0.3, 0.4) is 0 Å². The van der Waals surface area contributed by atoms with E-state index in [-0.39, 0.29) is 42.1 Å². The molecule has 3 aromatic carbocycles. The van der Waals surface area contributed by atoms with Gasteiger partial charge >= 0.3 is 0 Å². The Bertz CT molecular complexity index is 1630. The Labute approximate surface area is 257 Å². The summed E-state index contributed by atoms with van der Waals surface area (Å²) in [6.45, 7) is 6.61. The number of nitrogens with one attached hydrogen (secondary N) is 1. The second kappa shape index (κ2) is 11.1. The van der Waals surface area contributed by atoms with E-state index >= 15 is 0 Å². The molecule has 3 heterocycles. The quantitative estimate of drug-likeness (QED) is 0.232. The molecule has 1 fully saturated rings. The minimum Gasteiger partial charge on any atom is -0.497 e. The van der Waals surface area contributed by atoms with Gasteiger partial charge in [0.15, 0.2) is 5.60 Å². The van der Waals surface area contributed by atoms with E-state index in [9.17, 15) is 24.8 Å². The molecule has 10 nitrogen and oxygen atoms in total. The van der Waals surface area contributed by atoms with Gasteiger partial charge in [-0.05, 0) is 41.3 Å². The Morgan fingerprint density at radius 3 is 2.52 bits per heavy atom. The standard InChI is InChI=1S/C33H37N3O7Si/c1-20-31(44(3,4)26-12-10-25(42-2)11-13-26)29(17-30(38)35-18-22-8-6-5-7-21(22)15-24(35)19-37)43-33(20)27-16-23(36(40)41)9-14-28(27)34-32(33)39/h5-14,16,20,24,29,31,37H,15,17-19H2,1-4H3,(H,34,39)/t20-,24+,29+,31-,33+/m1/s1. The first-order valence-electron chi connectivity index (χ1n) is 14.9. The van der Waals surface area contributed by atoms with Crippen molar-refractivity contribution >= 4 is 36.4 Å². The van der Waals surface area contributed by atoms with Gasteiger partial charge in [-0.3, -0.25) is 19.7 Å². The number of aliphatic hydroxyl groups is 1. The van der Waals surface area contributed by atoms with Crippen molar-refractivity contribution in [2.24, 2.45) is 5.92 Å². The second-order valence-corrected chi connectivity index (χ2v) is 17.3. The highest BCUT2D eigenvalue weighted by atomic mass is 28.3. The zero-order valence-corrected chi connectivity index (χ0v) is 26.3. The number of methoxy groups -OCH3 is 1. The first-order valence-corrected chi connectivity index (χ1v) is 18.0. The number of non-ortho nitro benzene ring substituents is 1. The van der Waals surface area contributed by atoms with Crippen molar-refractivity contribution < 1.29 is 29.1 Å². The maximum Gasteiger partial charge on any atom is 0.269 e. The van der Waals surface area contributed by atoms with Crippen LogP contribution in [-0.4, -0.2) is 60.7 Å². The molecule has 0 aromatic heterocycles. The zero-order chi connectivity index (χ0) is 31.4. The topological polar surface area (TPSA) is 131 Å². The van der Waals surface area contributed by atoms with Crippen molar-refractivity contribution in [1.29, 1.82) is 0 Å². The van der Waals surface area contributed by atoms with Crippen molar-refractivity contribution in [3.8, 4) is 5.75 Å². The third-order valence-electron chi connectivity index (χ3n) is 10.0. The Morgan fingerprint density at radius 2 is 1.86 bits per heavy atom. The molecule has 6 rings (SSSR count). The summed E-state index contributed by atoms with van der Waals surface area (Å²) < 4.78 is 12.2. The lowest BCUT2D eigenvalue weighted by molar-refractivity contribution is -0.385. The number of anilines is 1. The Hall–Kier alpha value is -4.06. The first kappa shape index (κ1) is 30.0. The molecule has 0 aliphatic carbocycles. The van der Waals surface area contributed by atoms with Crippen molar-refractivity contribution in [2.45, 2.75) is 62.7 Å². The summed E-state index contributed by atoms with van der Waals surface area (Å²) >= 11 is 0. The van der Waals surface area contributed by atoms with Crippen LogP contribution in [0.15, 0.2) is 66.7 Å². The average Bonchev–Trinajstić information content (AvgIpc) is 3.48. The summed E-state index contributed by atoms with van der Waals surface area (Å²) in [6.07, 6.45) is -0.0764. The summed E-state index contributed by atoms with van der Waals surface area (Å²) in [5.41, 5.74) is 1.25. The van der Waals surface area contributed by atoms with Gasteiger partial charge in [0.25, 0.3) is 11.6 Å². The third kappa shape index (κ3) is 4.70. The number of aliphatic hydroxyl groups excluding tert-OH is 1. The SMILES string of the molecule is COc1ccc([Si](C)(C)[C@H]2[C@H](CC(=O)N3Cc4ccccc4C[C@H]3CO)O[C@@]3(C(=O)Nc4ccc([N+](=O)[O-])cc43)[C@@H]2C)cc1. The van der Waals surface area contributed by atoms with E-state index in [0.717, 1.165) is 22.1 Å². The van der Waals surface area contributed by atoms with E-state index in [1.807, 2.05) is 55.5 Å². The summed E-state index contributed by atoms with van der Waals surface area (Å²) in [5.74, 6) is -0.201. The highest BCUT2D eigenvalue weighted by molar-refractivity contribution is 6.91. The minimum atomic E-state index is -2.50. The number of hydrogen-bond donors (Lipinski definition) is 2. The van der Waals surface area contributed by atoms with E-state index in [4.69, 9.17) is 9.47 Å². The maximum atomic E-state index is 14.2. The monoisotopic (exact) mass is 615 g/mol. The molecule has 3 aliphatic heterocycles. The molecule has 230 valence electrons. The van der Waals surface area contributed by atoms with E-state index in [1.165, 1.54) is 12.1 Å². The number of amides is 2. The van der Waals surface area contributed by atoms with Crippen LogP contribution in [0.2, 0.25) is 18.6 Å². The third-order valence-corrected chi connectivity index (χ3v) is 14.4. The number of benzene rings is 3. The minimum absolute atomic E-state index is 0.0134. The fourth-order valence-electron chi connectivity index (χ4n) is 7.77. The van der Waals surface area contributed by atoms with Gasteiger partial charge in [0.05, 0.1) is 45.3 Å². The van der Waals surface area contributed by atoms with E-state index < -0.39 is 30.6 Å². The van der Waals surface area contributed by atoms with Crippen LogP contribution in [-0.2, 0) is 32.9 Å². The van der Waals surface area contributed by atoms with Crippen LogP contribution in [0.25, 0.3) is 0 Å². The largest absolute Gasteiger partial charge is 0.497 e. The number of nitro groups is 1. The predicted molar refractivity (Wildman–Crippen MR) is 167 cm³/mol. The molecule has 2 amide bonds. The number of carbonyl (C=O) groups is 2. The van der Waals surface area contributed by atoms with E-state index in [2.05, 4.69) is 18.4 Å². The van der Waals surface area contributed by atoms with Crippen LogP contribution in [0.1, 0.15) is 30.0 Å². The van der Waals surface area contributed by atoms with Crippen LogP contribution in [0.5, 0.6) is 5.75 Å². The van der Waals surface area contributed by atoms with E-state index in [0.29, 0.717) is 24.2 Å². The van der Waals surface area contributed by atoms with Crippen molar-refractivity contribution in [2.75, 3.05) is 19.0 Å². The van der Waals surface area contributed by atoms with E-state index in [1.54, 1.807) is 18.1 Å². The molecule has 5 atom stereocenters. The number of ether oxygens (including phenoxy) is 2. The lowest BCUT2D eigenvalue weighted by Crippen LogP contribution is -2.52. The molecule has 1 spiro atoms. The summed E-state index contributed by atoms with van der Waals surface area (Å²) in [6, 6.07) is 19.8. The molecule has 1 saturated heterocycles. The smallest absolute Gasteiger partial charge is 0.269 e. The lowest BCUT2D eigenvalue weighted by atomic mass is 9.82.